The van der Waals surface area contributed by atoms with Crippen LogP contribution < -0.4 is 10.2 Å². The van der Waals surface area contributed by atoms with Gasteiger partial charge in [-0.25, -0.2) is 8.78 Å². The summed E-state index contributed by atoms with van der Waals surface area (Å²) in [5.74, 6) is -3.65. The smallest absolute Gasteiger partial charge is 0.303 e. The monoisotopic (exact) mass is 424 g/mol. The lowest BCUT2D eigenvalue weighted by atomic mass is 9.84. The van der Waals surface area contributed by atoms with Crippen molar-refractivity contribution in [3.8, 4) is 0 Å². The van der Waals surface area contributed by atoms with E-state index in [9.17, 15) is 18.8 Å². The summed E-state index contributed by atoms with van der Waals surface area (Å²) in [5, 5.41) is 11.3. The maximum absolute atomic E-state index is 15.1. The van der Waals surface area contributed by atoms with Crippen LogP contribution in [0.25, 0.3) is 0 Å². The van der Waals surface area contributed by atoms with Crippen molar-refractivity contribution in [3.05, 3.63) is 28.8 Å². The lowest BCUT2D eigenvalue weighted by molar-refractivity contribution is -0.138. The van der Waals surface area contributed by atoms with Gasteiger partial charge in [-0.15, -0.1) is 0 Å². The van der Waals surface area contributed by atoms with Crippen LogP contribution in [0.3, 0.4) is 0 Å². The molecule has 0 radical (unpaired) electrons. The van der Waals surface area contributed by atoms with Gasteiger partial charge < -0.3 is 10.4 Å². The molecular formula is C22H30F2N2O4. The van der Waals surface area contributed by atoms with Gasteiger partial charge in [-0.05, 0) is 50.2 Å². The molecule has 8 heteroatoms. The van der Waals surface area contributed by atoms with Crippen LogP contribution in [0.1, 0.15) is 70.9 Å². The molecule has 3 rings (SSSR count). The Morgan fingerprint density at radius 2 is 1.90 bits per heavy atom. The highest BCUT2D eigenvalue weighted by atomic mass is 19.1. The van der Waals surface area contributed by atoms with E-state index in [1.165, 1.54) is 13.8 Å². The Kier molecular flexibility index (Phi) is 7.21. The van der Waals surface area contributed by atoms with Gasteiger partial charge >= 0.3 is 5.97 Å². The molecule has 6 nitrogen and oxygen atoms in total. The highest BCUT2D eigenvalue weighted by molar-refractivity contribution is 6.10. The number of aliphatic carboxylic acids is 1. The number of nitrogens with zero attached hydrogens (tertiary/aromatic N) is 1. The Labute approximate surface area is 175 Å². The molecule has 1 fully saturated rings. The van der Waals surface area contributed by atoms with Crippen molar-refractivity contribution in [1.82, 2.24) is 5.32 Å². The Balaban J connectivity index is 0.00000155. The molecule has 2 aliphatic rings. The first-order valence-corrected chi connectivity index (χ1v) is 10.4. The summed E-state index contributed by atoms with van der Waals surface area (Å²) >= 11 is 0. The van der Waals surface area contributed by atoms with Crippen LogP contribution in [-0.2, 0) is 19.8 Å². The fraction of sp³-hybridized carbons (Fsp3) is 0.591. The van der Waals surface area contributed by atoms with Crippen LogP contribution in [0.5, 0.6) is 0 Å². The number of carbonyl (C=O) groups excluding carboxylic acids is 2. The second-order valence-corrected chi connectivity index (χ2v) is 8.28. The molecule has 1 saturated carbocycles. The lowest BCUT2D eigenvalue weighted by Gasteiger charge is -2.20. The quantitative estimate of drug-likeness (QED) is 0.699. The zero-order valence-corrected chi connectivity index (χ0v) is 18.1. The van der Waals surface area contributed by atoms with Gasteiger partial charge in [-0.2, -0.15) is 0 Å². The summed E-state index contributed by atoms with van der Waals surface area (Å²) < 4.78 is 29.9. The van der Waals surface area contributed by atoms with E-state index in [2.05, 4.69) is 5.32 Å². The number of nitrogens with one attached hydrogen (secondary N) is 1. The average molecular weight is 424 g/mol. The minimum absolute atomic E-state index is 0.00597. The fourth-order valence-corrected chi connectivity index (χ4v) is 3.72. The third kappa shape index (κ3) is 4.63. The first-order valence-electron chi connectivity index (χ1n) is 10.4. The lowest BCUT2D eigenvalue weighted by Crippen LogP contribution is -2.43. The molecule has 1 aromatic carbocycles. The minimum Gasteiger partial charge on any atom is -0.481 e. The van der Waals surface area contributed by atoms with Crippen LogP contribution in [0.15, 0.2) is 6.07 Å². The summed E-state index contributed by atoms with van der Waals surface area (Å²) in [6.07, 6.45) is 1.48. The zero-order chi connectivity index (χ0) is 22.8. The second-order valence-electron chi connectivity index (χ2n) is 8.28. The molecule has 0 aromatic heterocycles. The number of hydrogen-bond acceptors (Lipinski definition) is 3. The maximum atomic E-state index is 15.1. The largest absolute Gasteiger partial charge is 0.481 e. The SMILES string of the molecule is CC.CC(CNC(=O)CN1C(=O)C(C)(C)c2c(F)c(C3CC3)cc(F)c21)CC(=O)O. The molecule has 30 heavy (non-hydrogen) atoms. The van der Waals surface area contributed by atoms with Gasteiger partial charge in [0.15, 0.2) is 0 Å². The molecule has 1 atom stereocenters. The van der Waals surface area contributed by atoms with Gasteiger partial charge in [0.05, 0.1) is 11.1 Å². The zero-order valence-electron chi connectivity index (χ0n) is 18.1. The predicted octanol–water partition coefficient (Wildman–Crippen LogP) is 3.72. The number of hydrogen-bond donors (Lipinski definition) is 2. The van der Waals surface area contributed by atoms with Gasteiger partial charge in [0.25, 0.3) is 0 Å². The van der Waals surface area contributed by atoms with E-state index < -0.39 is 41.4 Å². The standard InChI is InChI=1S/C20H24F2N2O4.C2H6/c1-10(6-15(26)27)8-23-14(25)9-24-18-13(21)7-12(11-4-5-11)17(22)16(18)20(2,3)19(24)28;1-2/h7,10-11H,4-6,8-9H2,1-3H3,(H,23,25)(H,26,27);1-2H3. The number of fused-ring (bicyclic) bond motifs is 1. The summed E-state index contributed by atoms with van der Waals surface area (Å²) in [7, 11) is 0. The Morgan fingerprint density at radius 1 is 1.30 bits per heavy atom. The molecule has 1 aliphatic carbocycles. The van der Waals surface area contributed by atoms with E-state index in [1.807, 2.05) is 13.8 Å². The molecule has 1 aliphatic heterocycles. The van der Waals surface area contributed by atoms with Crippen molar-refractivity contribution < 1.29 is 28.3 Å². The van der Waals surface area contributed by atoms with Crippen molar-refractivity contribution >= 4 is 23.5 Å². The molecule has 2 amide bonds. The summed E-state index contributed by atoms with van der Waals surface area (Å²) in [5.41, 5.74) is -1.15. The summed E-state index contributed by atoms with van der Waals surface area (Å²) in [4.78, 5) is 36.8. The molecule has 0 spiro atoms. The van der Waals surface area contributed by atoms with Crippen molar-refractivity contribution in [3.63, 3.8) is 0 Å². The summed E-state index contributed by atoms with van der Waals surface area (Å²) in [6.45, 7) is 8.39. The number of benzene rings is 1. The Hall–Kier alpha value is -2.51. The Morgan fingerprint density at radius 3 is 2.43 bits per heavy atom. The number of amides is 2. The molecule has 166 valence electrons. The van der Waals surface area contributed by atoms with Crippen molar-refractivity contribution in [1.29, 1.82) is 0 Å². The molecule has 1 aromatic rings. The van der Waals surface area contributed by atoms with Crippen molar-refractivity contribution in [2.24, 2.45) is 5.92 Å². The van der Waals surface area contributed by atoms with Crippen molar-refractivity contribution in [2.45, 2.75) is 65.2 Å². The third-order valence-electron chi connectivity index (χ3n) is 5.38. The first-order chi connectivity index (χ1) is 14.0. The van der Waals surface area contributed by atoms with Gasteiger partial charge in [-0.3, -0.25) is 19.3 Å². The van der Waals surface area contributed by atoms with Gasteiger partial charge in [0.1, 0.15) is 18.2 Å². The number of carboxylic acids is 1. The van der Waals surface area contributed by atoms with E-state index in [0.29, 0.717) is 5.56 Å². The van der Waals surface area contributed by atoms with E-state index in [0.717, 1.165) is 23.8 Å². The van der Waals surface area contributed by atoms with E-state index in [1.54, 1.807) is 6.92 Å². The first kappa shape index (κ1) is 23.8. The fourth-order valence-electron chi connectivity index (χ4n) is 3.72. The Bertz CT molecular complexity index is 850. The molecular weight excluding hydrogens is 394 g/mol. The third-order valence-corrected chi connectivity index (χ3v) is 5.38. The molecule has 0 saturated heterocycles. The summed E-state index contributed by atoms with van der Waals surface area (Å²) in [6, 6.07) is 1.14. The highest BCUT2D eigenvalue weighted by Crippen LogP contribution is 2.50. The molecule has 1 heterocycles. The van der Waals surface area contributed by atoms with Gasteiger partial charge in [-0.1, -0.05) is 20.8 Å². The molecule has 1 unspecified atom stereocenters. The predicted molar refractivity (Wildman–Crippen MR) is 109 cm³/mol. The number of anilines is 1. The van der Waals surface area contributed by atoms with Crippen LogP contribution in [-0.4, -0.2) is 36.0 Å². The van der Waals surface area contributed by atoms with Crippen LogP contribution in [0.4, 0.5) is 14.5 Å². The number of carboxylic acid groups (broad SMARTS) is 1. The number of carbonyl (C=O) groups is 3. The van der Waals surface area contributed by atoms with Crippen LogP contribution in [0.2, 0.25) is 0 Å². The van der Waals surface area contributed by atoms with Crippen LogP contribution >= 0.6 is 0 Å². The maximum Gasteiger partial charge on any atom is 0.303 e. The average Bonchev–Trinajstić information content (AvgIpc) is 3.48. The highest BCUT2D eigenvalue weighted by Gasteiger charge is 2.49. The number of rotatable bonds is 7. The van der Waals surface area contributed by atoms with Gasteiger partial charge in [0, 0.05) is 18.5 Å². The topological polar surface area (TPSA) is 86.7 Å². The molecule has 0 bridgehead atoms. The van der Waals surface area contributed by atoms with E-state index >= 15 is 4.39 Å². The van der Waals surface area contributed by atoms with E-state index in [-0.39, 0.29) is 36.1 Å². The van der Waals surface area contributed by atoms with Crippen molar-refractivity contribution in [2.75, 3.05) is 18.0 Å². The minimum atomic E-state index is -1.28. The normalized spacial score (nSPS) is 17.7. The second kappa shape index (κ2) is 9.10. The van der Waals surface area contributed by atoms with E-state index in [4.69, 9.17) is 5.11 Å². The molecule has 2 N–H and O–H groups in total. The van der Waals surface area contributed by atoms with Gasteiger partial charge in [0.2, 0.25) is 11.8 Å². The van der Waals surface area contributed by atoms with Crippen LogP contribution in [0, 0.1) is 17.6 Å². The number of halogens is 2.